The van der Waals surface area contributed by atoms with Crippen molar-refractivity contribution >= 4 is 12.0 Å². The van der Waals surface area contributed by atoms with Crippen LogP contribution in [0.1, 0.15) is 32.6 Å². The van der Waals surface area contributed by atoms with Gasteiger partial charge in [0.25, 0.3) is 0 Å². The van der Waals surface area contributed by atoms with Crippen LogP contribution in [0.5, 0.6) is 0 Å². The Hall–Kier alpha value is 0.230. The summed E-state index contributed by atoms with van der Waals surface area (Å²) >= 11 is 1.23. The molecule has 0 aliphatic heterocycles. The van der Waals surface area contributed by atoms with Crippen LogP contribution in [0.2, 0.25) is 0 Å². The zero-order valence-corrected chi connectivity index (χ0v) is 7.47. The fourth-order valence-electron chi connectivity index (χ4n) is 1.40. The van der Waals surface area contributed by atoms with E-state index < -0.39 is 0 Å². The molecule has 0 radical (unpaired) electrons. The highest BCUT2D eigenvalue weighted by Gasteiger charge is 2.19. The highest BCUT2D eigenvalue weighted by Crippen LogP contribution is 2.31. The minimum absolute atomic E-state index is 0.498. The molecule has 1 aliphatic carbocycles. The van der Waals surface area contributed by atoms with Crippen molar-refractivity contribution in [3.05, 3.63) is 0 Å². The SMILES string of the molecule is CC1CCC(SOOO)CC1. The normalized spacial score (nSPS) is 32.2. The third-order valence-electron chi connectivity index (χ3n) is 2.17. The van der Waals surface area contributed by atoms with Gasteiger partial charge in [-0.15, -0.1) is 4.33 Å². The van der Waals surface area contributed by atoms with Crippen LogP contribution in [0.15, 0.2) is 0 Å². The second-order valence-electron chi connectivity index (χ2n) is 3.12. The lowest BCUT2D eigenvalue weighted by Gasteiger charge is -2.23. The summed E-state index contributed by atoms with van der Waals surface area (Å²) in [5.41, 5.74) is 0. The fourth-order valence-corrected chi connectivity index (χ4v) is 2.01. The summed E-state index contributed by atoms with van der Waals surface area (Å²) in [6.45, 7) is 2.27. The Balaban J connectivity index is 2.07. The summed E-state index contributed by atoms with van der Waals surface area (Å²) in [6.07, 6.45) is 4.84. The average Bonchev–Trinajstić information content (AvgIpc) is 2.04. The van der Waals surface area contributed by atoms with Gasteiger partial charge in [-0.3, -0.25) is 0 Å². The second-order valence-corrected chi connectivity index (χ2v) is 4.12. The van der Waals surface area contributed by atoms with Gasteiger partial charge in [0, 0.05) is 17.3 Å². The Morgan fingerprint density at radius 2 is 1.91 bits per heavy atom. The summed E-state index contributed by atoms with van der Waals surface area (Å²) in [4.78, 5) is 0. The van der Waals surface area contributed by atoms with Crippen molar-refractivity contribution < 1.29 is 14.6 Å². The first-order valence-electron chi connectivity index (χ1n) is 3.96. The van der Waals surface area contributed by atoms with Crippen LogP contribution in [0.3, 0.4) is 0 Å². The molecule has 3 nitrogen and oxygen atoms in total. The minimum atomic E-state index is 0.498. The first-order chi connectivity index (χ1) is 5.33. The largest absolute Gasteiger partial charge is 0.220 e. The maximum atomic E-state index is 7.91. The first kappa shape index (κ1) is 9.32. The predicted octanol–water partition coefficient (Wildman–Crippen LogP) is 2.63. The highest BCUT2D eigenvalue weighted by atomic mass is 32.2. The van der Waals surface area contributed by atoms with Crippen LogP contribution in [-0.4, -0.2) is 10.5 Å². The molecule has 0 heterocycles. The Morgan fingerprint density at radius 1 is 1.27 bits per heavy atom. The maximum absolute atomic E-state index is 7.91. The third kappa shape index (κ3) is 3.42. The van der Waals surface area contributed by atoms with E-state index in [0.29, 0.717) is 5.25 Å². The van der Waals surface area contributed by atoms with Crippen molar-refractivity contribution in [2.45, 2.75) is 37.9 Å². The number of rotatable bonds is 3. The molecule has 0 spiro atoms. The van der Waals surface area contributed by atoms with Gasteiger partial charge in [-0.2, -0.15) is 0 Å². The van der Waals surface area contributed by atoms with Crippen LogP contribution < -0.4 is 0 Å². The van der Waals surface area contributed by atoms with Gasteiger partial charge in [0.05, 0.1) is 0 Å². The quantitative estimate of drug-likeness (QED) is 0.409. The Kier molecular flexibility index (Phi) is 4.22. The molecule has 11 heavy (non-hydrogen) atoms. The van der Waals surface area contributed by atoms with E-state index in [0.717, 1.165) is 18.8 Å². The molecule has 0 atom stereocenters. The van der Waals surface area contributed by atoms with Gasteiger partial charge in [-0.1, -0.05) is 12.0 Å². The van der Waals surface area contributed by atoms with E-state index in [1.807, 2.05) is 0 Å². The standard InChI is InChI=1S/C7H14O3S/c1-6-2-4-7(5-3-6)11-10-9-8/h6-8H,2-5H2,1H3. The molecule has 1 N–H and O–H groups in total. The zero-order valence-electron chi connectivity index (χ0n) is 6.66. The molecule has 1 aliphatic rings. The molecule has 0 amide bonds. The molecule has 66 valence electrons. The van der Waals surface area contributed by atoms with Crippen molar-refractivity contribution in [2.24, 2.45) is 5.92 Å². The molecule has 0 saturated heterocycles. The smallest absolute Gasteiger partial charge is 0.0380 e. The Bertz CT molecular complexity index is 99.1. The average molecular weight is 178 g/mol. The van der Waals surface area contributed by atoms with Gasteiger partial charge in [0.15, 0.2) is 0 Å². The molecule has 0 bridgehead atoms. The van der Waals surface area contributed by atoms with Crippen molar-refractivity contribution in [3.63, 3.8) is 0 Å². The van der Waals surface area contributed by atoms with Crippen LogP contribution in [0, 0.1) is 5.92 Å². The first-order valence-corrected chi connectivity index (χ1v) is 4.77. The molecule has 1 rings (SSSR count). The molecule has 0 aromatic heterocycles. The molecule has 0 unspecified atom stereocenters. The molecule has 0 aromatic carbocycles. The molecule has 1 fully saturated rings. The van der Waals surface area contributed by atoms with Crippen LogP contribution in [-0.2, 0) is 9.37 Å². The van der Waals surface area contributed by atoms with Crippen molar-refractivity contribution in [1.29, 1.82) is 0 Å². The maximum Gasteiger partial charge on any atom is 0.0380 e. The Morgan fingerprint density at radius 3 is 2.45 bits per heavy atom. The van der Waals surface area contributed by atoms with Gasteiger partial charge in [0.1, 0.15) is 0 Å². The monoisotopic (exact) mass is 178 g/mol. The minimum Gasteiger partial charge on any atom is -0.220 e. The van der Waals surface area contributed by atoms with E-state index >= 15 is 0 Å². The summed E-state index contributed by atoms with van der Waals surface area (Å²) in [5, 5.41) is 11.9. The molecule has 4 heteroatoms. The van der Waals surface area contributed by atoms with Crippen molar-refractivity contribution in [2.75, 3.05) is 0 Å². The van der Waals surface area contributed by atoms with E-state index in [-0.39, 0.29) is 0 Å². The van der Waals surface area contributed by atoms with Gasteiger partial charge in [-0.05, 0) is 31.6 Å². The van der Waals surface area contributed by atoms with E-state index in [1.54, 1.807) is 0 Å². The van der Waals surface area contributed by atoms with Gasteiger partial charge < -0.3 is 0 Å². The molecular formula is C7H14O3S. The lowest BCUT2D eigenvalue weighted by molar-refractivity contribution is -0.432. The lowest BCUT2D eigenvalue weighted by atomic mass is 9.91. The van der Waals surface area contributed by atoms with Gasteiger partial charge >= 0.3 is 0 Å². The predicted molar refractivity (Wildman–Crippen MR) is 43.8 cm³/mol. The summed E-state index contributed by atoms with van der Waals surface area (Å²) in [7, 11) is 0. The van der Waals surface area contributed by atoms with E-state index in [1.165, 1.54) is 24.9 Å². The number of hydrogen-bond donors (Lipinski definition) is 1. The highest BCUT2D eigenvalue weighted by molar-refractivity contribution is 7.95. The fraction of sp³-hybridized carbons (Fsp3) is 1.00. The summed E-state index contributed by atoms with van der Waals surface area (Å²) in [6, 6.07) is 0. The summed E-state index contributed by atoms with van der Waals surface area (Å²) in [5.74, 6) is 0.849. The second kappa shape index (κ2) is 4.98. The summed E-state index contributed by atoms with van der Waals surface area (Å²) < 4.78 is 4.38. The molecular weight excluding hydrogens is 164 g/mol. The molecule has 0 aromatic rings. The van der Waals surface area contributed by atoms with Crippen molar-refractivity contribution in [3.8, 4) is 0 Å². The van der Waals surface area contributed by atoms with Crippen LogP contribution >= 0.6 is 12.0 Å². The zero-order chi connectivity index (χ0) is 8.10. The molecule has 1 saturated carbocycles. The van der Waals surface area contributed by atoms with Crippen LogP contribution in [0.4, 0.5) is 0 Å². The van der Waals surface area contributed by atoms with E-state index in [9.17, 15) is 0 Å². The van der Waals surface area contributed by atoms with E-state index in [2.05, 4.69) is 16.3 Å². The Labute approximate surface area is 71.1 Å². The van der Waals surface area contributed by atoms with Gasteiger partial charge in [-0.25, -0.2) is 5.26 Å². The van der Waals surface area contributed by atoms with E-state index in [4.69, 9.17) is 5.26 Å². The third-order valence-corrected chi connectivity index (χ3v) is 3.05. The topological polar surface area (TPSA) is 38.7 Å². The van der Waals surface area contributed by atoms with Gasteiger partial charge in [0.2, 0.25) is 0 Å². The van der Waals surface area contributed by atoms with Crippen molar-refractivity contribution in [1.82, 2.24) is 0 Å². The lowest BCUT2D eigenvalue weighted by Crippen LogP contribution is -2.14. The van der Waals surface area contributed by atoms with Crippen LogP contribution in [0.25, 0.3) is 0 Å². The number of hydrogen-bond acceptors (Lipinski definition) is 4.